The summed E-state index contributed by atoms with van der Waals surface area (Å²) < 4.78 is 5.79. The van der Waals surface area contributed by atoms with Crippen molar-refractivity contribution in [2.24, 2.45) is 17.1 Å². The molecule has 0 aromatic heterocycles. The van der Waals surface area contributed by atoms with Crippen molar-refractivity contribution >= 4 is 0 Å². The Morgan fingerprint density at radius 3 is 2.76 bits per heavy atom. The van der Waals surface area contributed by atoms with Gasteiger partial charge < -0.3 is 10.5 Å². The minimum atomic E-state index is 0.408. The van der Waals surface area contributed by atoms with Crippen LogP contribution in [0.5, 0.6) is 0 Å². The lowest BCUT2D eigenvalue weighted by Gasteiger charge is -2.13. The maximum atomic E-state index is 5.87. The number of nitrogens with two attached hydrogens (primary N) is 1. The lowest BCUT2D eigenvalue weighted by Crippen LogP contribution is -2.19. The van der Waals surface area contributed by atoms with E-state index in [0.29, 0.717) is 11.3 Å². The summed E-state index contributed by atoms with van der Waals surface area (Å²) in [5, 5.41) is 0. The Labute approximate surface area is 104 Å². The molecule has 17 heavy (non-hydrogen) atoms. The number of hydrogen-bond donors (Lipinski definition) is 1. The molecule has 0 spiro atoms. The third kappa shape index (κ3) is 3.08. The van der Waals surface area contributed by atoms with Gasteiger partial charge in [0.15, 0.2) is 0 Å². The molecule has 0 aliphatic heterocycles. The summed E-state index contributed by atoms with van der Waals surface area (Å²) in [5.74, 6) is 0.691. The normalized spacial score (nSPS) is 27.1. The first kappa shape index (κ1) is 12.6. The van der Waals surface area contributed by atoms with Crippen molar-refractivity contribution in [3.05, 3.63) is 35.9 Å². The van der Waals surface area contributed by atoms with Gasteiger partial charge in [0, 0.05) is 0 Å². The summed E-state index contributed by atoms with van der Waals surface area (Å²) in [7, 11) is 0. The number of benzene rings is 1. The zero-order valence-electron chi connectivity index (χ0n) is 10.7. The van der Waals surface area contributed by atoms with E-state index < -0.39 is 0 Å². The average molecular weight is 233 g/mol. The second-order valence-corrected chi connectivity index (χ2v) is 5.22. The van der Waals surface area contributed by atoms with Crippen LogP contribution < -0.4 is 5.73 Å². The van der Waals surface area contributed by atoms with Gasteiger partial charge in [-0.2, -0.15) is 0 Å². The highest BCUT2D eigenvalue weighted by molar-refractivity contribution is 5.13. The third-order valence-corrected chi connectivity index (χ3v) is 3.94. The highest BCUT2D eigenvalue weighted by atomic mass is 16.5. The molecule has 1 aliphatic rings. The largest absolute Gasteiger partial charge is 0.376 e. The minimum Gasteiger partial charge on any atom is -0.376 e. The molecule has 1 fully saturated rings. The van der Waals surface area contributed by atoms with E-state index in [1.54, 1.807) is 0 Å². The molecular weight excluding hydrogens is 210 g/mol. The van der Waals surface area contributed by atoms with Gasteiger partial charge in [0.1, 0.15) is 0 Å². The van der Waals surface area contributed by atoms with Crippen LogP contribution in [0.3, 0.4) is 0 Å². The van der Waals surface area contributed by atoms with Crippen molar-refractivity contribution in [1.82, 2.24) is 0 Å². The quantitative estimate of drug-likeness (QED) is 0.786. The SMILES string of the molecule is CCC[C@@]1(CN)C[C@@H]1COCc1ccccc1. The molecule has 2 N–H and O–H groups in total. The first-order valence-corrected chi connectivity index (χ1v) is 6.62. The van der Waals surface area contributed by atoms with E-state index >= 15 is 0 Å². The van der Waals surface area contributed by atoms with Gasteiger partial charge in [-0.15, -0.1) is 0 Å². The van der Waals surface area contributed by atoms with Gasteiger partial charge in [-0.05, 0) is 36.3 Å². The number of hydrogen-bond acceptors (Lipinski definition) is 2. The first-order valence-electron chi connectivity index (χ1n) is 6.62. The second-order valence-electron chi connectivity index (χ2n) is 5.22. The molecule has 1 saturated carbocycles. The Morgan fingerprint density at radius 2 is 2.12 bits per heavy atom. The third-order valence-electron chi connectivity index (χ3n) is 3.94. The molecule has 2 rings (SSSR count). The standard InChI is InChI=1S/C15H23NO/c1-2-8-15(12-16)9-14(15)11-17-10-13-6-4-3-5-7-13/h3-7,14H,2,8-12,16H2,1H3/t14-,15+/m1/s1. The van der Waals surface area contributed by atoms with E-state index in [0.717, 1.165) is 19.8 Å². The molecule has 1 aromatic carbocycles. The van der Waals surface area contributed by atoms with E-state index in [1.807, 2.05) is 6.07 Å². The molecule has 94 valence electrons. The van der Waals surface area contributed by atoms with Gasteiger partial charge in [-0.1, -0.05) is 43.7 Å². The Morgan fingerprint density at radius 1 is 1.35 bits per heavy atom. The summed E-state index contributed by atoms with van der Waals surface area (Å²) in [6, 6.07) is 10.4. The number of rotatable bonds is 7. The van der Waals surface area contributed by atoms with Crippen molar-refractivity contribution in [3.63, 3.8) is 0 Å². The summed E-state index contributed by atoms with van der Waals surface area (Å²) in [4.78, 5) is 0. The lowest BCUT2D eigenvalue weighted by molar-refractivity contribution is 0.100. The summed E-state index contributed by atoms with van der Waals surface area (Å²) in [6.07, 6.45) is 3.74. The molecule has 0 radical (unpaired) electrons. The molecule has 1 aromatic rings. The van der Waals surface area contributed by atoms with E-state index in [2.05, 4.69) is 31.2 Å². The predicted octanol–water partition coefficient (Wildman–Crippen LogP) is 2.97. The molecule has 0 saturated heterocycles. The van der Waals surface area contributed by atoms with Crippen molar-refractivity contribution in [3.8, 4) is 0 Å². The van der Waals surface area contributed by atoms with Crippen LogP contribution in [0.2, 0.25) is 0 Å². The molecule has 2 nitrogen and oxygen atoms in total. The van der Waals surface area contributed by atoms with Gasteiger partial charge in [0.25, 0.3) is 0 Å². The second kappa shape index (κ2) is 5.65. The van der Waals surface area contributed by atoms with Crippen molar-refractivity contribution < 1.29 is 4.74 Å². The number of ether oxygens (including phenoxy) is 1. The Hall–Kier alpha value is -0.860. The molecule has 0 bridgehead atoms. The smallest absolute Gasteiger partial charge is 0.0717 e. The maximum Gasteiger partial charge on any atom is 0.0717 e. The topological polar surface area (TPSA) is 35.2 Å². The van der Waals surface area contributed by atoms with Crippen LogP contribution in [0.1, 0.15) is 31.7 Å². The highest BCUT2D eigenvalue weighted by Crippen LogP contribution is 2.55. The van der Waals surface area contributed by atoms with Crippen molar-refractivity contribution in [1.29, 1.82) is 0 Å². The van der Waals surface area contributed by atoms with Gasteiger partial charge in [-0.3, -0.25) is 0 Å². The molecule has 2 heteroatoms. The molecular formula is C15H23NO. The molecule has 0 heterocycles. The first-order chi connectivity index (χ1) is 8.30. The fourth-order valence-electron chi connectivity index (χ4n) is 2.72. The van der Waals surface area contributed by atoms with E-state index in [-0.39, 0.29) is 0 Å². The Bertz CT molecular complexity index is 338. The summed E-state index contributed by atoms with van der Waals surface area (Å²) in [5.41, 5.74) is 7.53. The molecule has 0 amide bonds. The van der Waals surface area contributed by atoms with Crippen LogP contribution in [0.25, 0.3) is 0 Å². The van der Waals surface area contributed by atoms with Crippen molar-refractivity contribution in [2.75, 3.05) is 13.2 Å². The van der Waals surface area contributed by atoms with Crippen molar-refractivity contribution in [2.45, 2.75) is 32.8 Å². The summed E-state index contributed by atoms with van der Waals surface area (Å²) in [6.45, 7) is 4.65. The van der Waals surface area contributed by atoms with Crippen LogP contribution >= 0.6 is 0 Å². The maximum absolute atomic E-state index is 5.87. The van der Waals surface area contributed by atoms with Gasteiger partial charge in [0.05, 0.1) is 13.2 Å². The van der Waals surface area contributed by atoms with Crippen LogP contribution in [-0.2, 0) is 11.3 Å². The predicted molar refractivity (Wildman–Crippen MR) is 70.6 cm³/mol. The van der Waals surface area contributed by atoms with Gasteiger partial charge in [-0.25, -0.2) is 0 Å². The van der Waals surface area contributed by atoms with Gasteiger partial charge in [0.2, 0.25) is 0 Å². The van der Waals surface area contributed by atoms with Crippen LogP contribution in [0.4, 0.5) is 0 Å². The monoisotopic (exact) mass is 233 g/mol. The zero-order chi connectivity index (χ0) is 12.1. The zero-order valence-corrected chi connectivity index (χ0v) is 10.7. The highest BCUT2D eigenvalue weighted by Gasteiger charge is 2.51. The Kier molecular flexibility index (Phi) is 4.19. The minimum absolute atomic E-state index is 0.408. The summed E-state index contributed by atoms with van der Waals surface area (Å²) >= 11 is 0. The average Bonchev–Trinajstić information content (AvgIpc) is 3.05. The van der Waals surface area contributed by atoms with Crippen LogP contribution in [-0.4, -0.2) is 13.2 Å². The molecule has 0 unspecified atom stereocenters. The molecule has 1 aliphatic carbocycles. The molecule has 2 atom stereocenters. The fourth-order valence-corrected chi connectivity index (χ4v) is 2.72. The Balaban J connectivity index is 1.71. The lowest BCUT2D eigenvalue weighted by atomic mass is 9.98. The van der Waals surface area contributed by atoms with Gasteiger partial charge >= 0.3 is 0 Å². The van der Waals surface area contributed by atoms with E-state index in [1.165, 1.54) is 24.8 Å². The van der Waals surface area contributed by atoms with E-state index in [9.17, 15) is 0 Å². The van der Waals surface area contributed by atoms with E-state index in [4.69, 9.17) is 10.5 Å². The van der Waals surface area contributed by atoms with Crippen LogP contribution in [0.15, 0.2) is 30.3 Å². The van der Waals surface area contributed by atoms with Crippen LogP contribution in [0, 0.1) is 11.3 Å². The fraction of sp³-hybridized carbons (Fsp3) is 0.600.